The van der Waals surface area contributed by atoms with E-state index in [-0.39, 0.29) is 5.91 Å². The summed E-state index contributed by atoms with van der Waals surface area (Å²) in [7, 11) is 1.71. The smallest absolute Gasteiger partial charge is 0.238 e. The molecule has 5 nitrogen and oxygen atoms in total. The molecule has 162 valence electrons. The van der Waals surface area contributed by atoms with Crippen molar-refractivity contribution < 1.29 is 9.53 Å². The predicted molar refractivity (Wildman–Crippen MR) is 125 cm³/mol. The predicted octanol–water partition coefficient (Wildman–Crippen LogP) is 4.70. The highest BCUT2D eigenvalue weighted by Crippen LogP contribution is 2.32. The number of benzene rings is 2. The first-order chi connectivity index (χ1) is 14.4. The van der Waals surface area contributed by atoms with Gasteiger partial charge in [-0.25, -0.2) is 0 Å². The van der Waals surface area contributed by atoms with Gasteiger partial charge in [0.2, 0.25) is 5.91 Å². The maximum absolute atomic E-state index is 12.9. The van der Waals surface area contributed by atoms with Crippen LogP contribution >= 0.6 is 0 Å². The van der Waals surface area contributed by atoms with Crippen molar-refractivity contribution in [2.75, 3.05) is 50.1 Å². The Morgan fingerprint density at radius 1 is 0.933 bits per heavy atom. The Kier molecular flexibility index (Phi) is 7.38. The van der Waals surface area contributed by atoms with Crippen molar-refractivity contribution in [2.24, 2.45) is 0 Å². The first-order valence-electron chi connectivity index (χ1n) is 10.9. The fraction of sp³-hybridized carbons (Fsp3) is 0.480. The first-order valence-corrected chi connectivity index (χ1v) is 10.9. The molecule has 0 aromatic heterocycles. The maximum Gasteiger partial charge on any atom is 0.238 e. The van der Waals surface area contributed by atoms with Gasteiger partial charge in [0.05, 0.1) is 19.3 Å². The van der Waals surface area contributed by atoms with Gasteiger partial charge >= 0.3 is 0 Å². The molecular formula is C25H35N3O2. The van der Waals surface area contributed by atoms with Gasteiger partial charge in [-0.1, -0.05) is 58.0 Å². The fourth-order valence-corrected chi connectivity index (χ4v) is 4.12. The number of nitrogens with zero attached hydrogens (tertiary/aromatic N) is 2. The van der Waals surface area contributed by atoms with Gasteiger partial charge in [0.1, 0.15) is 5.75 Å². The second-order valence-corrected chi connectivity index (χ2v) is 8.60. The summed E-state index contributed by atoms with van der Waals surface area (Å²) in [6.07, 6.45) is 0. The van der Waals surface area contributed by atoms with Crippen LogP contribution in [0.4, 0.5) is 11.4 Å². The number of carbonyl (C=O) groups excluding carboxylic acids is 1. The summed E-state index contributed by atoms with van der Waals surface area (Å²) in [5.74, 6) is 1.69. The third kappa shape index (κ3) is 5.14. The van der Waals surface area contributed by atoms with Crippen LogP contribution in [0.1, 0.15) is 50.7 Å². The number of rotatable bonds is 7. The van der Waals surface area contributed by atoms with E-state index in [0.717, 1.165) is 43.3 Å². The average molecular weight is 410 g/mol. The van der Waals surface area contributed by atoms with Crippen LogP contribution in [-0.2, 0) is 4.79 Å². The Balaban J connectivity index is 1.62. The molecule has 0 radical (unpaired) electrons. The molecule has 1 N–H and O–H groups in total. The summed E-state index contributed by atoms with van der Waals surface area (Å²) in [6.45, 7) is 12.6. The number of piperazine rings is 1. The van der Waals surface area contributed by atoms with E-state index in [1.807, 2.05) is 18.2 Å². The summed E-state index contributed by atoms with van der Waals surface area (Å²) < 4.78 is 5.50. The molecule has 1 heterocycles. The van der Waals surface area contributed by atoms with E-state index in [9.17, 15) is 4.79 Å². The minimum absolute atomic E-state index is 0.0655. The minimum Gasteiger partial charge on any atom is -0.495 e. The van der Waals surface area contributed by atoms with Crippen LogP contribution in [0, 0.1) is 0 Å². The molecule has 0 aliphatic carbocycles. The van der Waals surface area contributed by atoms with E-state index in [4.69, 9.17) is 4.74 Å². The average Bonchev–Trinajstić information content (AvgIpc) is 2.74. The molecule has 0 saturated carbocycles. The molecule has 2 aromatic rings. The molecule has 0 atom stereocenters. The zero-order valence-corrected chi connectivity index (χ0v) is 18.9. The summed E-state index contributed by atoms with van der Waals surface area (Å²) >= 11 is 0. The number of para-hydroxylation sites is 3. The number of anilines is 2. The summed E-state index contributed by atoms with van der Waals surface area (Å²) in [4.78, 5) is 17.5. The third-order valence-corrected chi connectivity index (χ3v) is 5.80. The molecule has 1 saturated heterocycles. The van der Waals surface area contributed by atoms with Crippen molar-refractivity contribution in [1.82, 2.24) is 4.90 Å². The van der Waals surface area contributed by atoms with Gasteiger partial charge in [0.15, 0.2) is 0 Å². The number of methoxy groups -OCH3 is 1. The number of hydrogen-bond acceptors (Lipinski definition) is 4. The van der Waals surface area contributed by atoms with Crippen molar-refractivity contribution in [1.29, 1.82) is 0 Å². The number of carbonyl (C=O) groups is 1. The Hall–Kier alpha value is -2.53. The van der Waals surface area contributed by atoms with E-state index < -0.39 is 0 Å². The zero-order chi connectivity index (χ0) is 21.7. The van der Waals surface area contributed by atoms with Crippen LogP contribution in [0.25, 0.3) is 0 Å². The van der Waals surface area contributed by atoms with Crippen LogP contribution in [0.5, 0.6) is 5.75 Å². The largest absolute Gasteiger partial charge is 0.495 e. The zero-order valence-electron chi connectivity index (χ0n) is 18.9. The molecule has 0 spiro atoms. The highest BCUT2D eigenvalue weighted by molar-refractivity contribution is 5.94. The van der Waals surface area contributed by atoms with Crippen LogP contribution < -0.4 is 15.0 Å². The molecule has 5 heteroatoms. The summed E-state index contributed by atoms with van der Waals surface area (Å²) in [6, 6.07) is 14.5. The molecule has 1 amide bonds. The number of hydrogen-bond donors (Lipinski definition) is 1. The highest BCUT2D eigenvalue weighted by atomic mass is 16.5. The lowest BCUT2D eigenvalue weighted by atomic mass is 9.92. The van der Waals surface area contributed by atoms with Crippen LogP contribution in [0.2, 0.25) is 0 Å². The Morgan fingerprint density at radius 2 is 1.53 bits per heavy atom. The van der Waals surface area contributed by atoms with Crippen molar-refractivity contribution >= 4 is 17.3 Å². The van der Waals surface area contributed by atoms with E-state index in [1.165, 1.54) is 11.1 Å². The molecule has 0 unspecified atom stereocenters. The fourth-order valence-electron chi connectivity index (χ4n) is 4.12. The lowest BCUT2D eigenvalue weighted by Crippen LogP contribution is -2.48. The van der Waals surface area contributed by atoms with Crippen molar-refractivity contribution in [3.63, 3.8) is 0 Å². The molecule has 3 rings (SSSR count). The van der Waals surface area contributed by atoms with E-state index in [2.05, 4.69) is 67.1 Å². The van der Waals surface area contributed by atoms with Gasteiger partial charge in [-0.3, -0.25) is 9.69 Å². The highest BCUT2D eigenvalue weighted by Gasteiger charge is 2.22. The van der Waals surface area contributed by atoms with E-state index >= 15 is 0 Å². The van der Waals surface area contributed by atoms with Crippen LogP contribution in [-0.4, -0.2) is 50.6 Å². The maximum atomic E-state index is 12.9. The Morgan fingerprint density at radius 3 is 2.10 bits per heavy atom. The van der Waals surface area contributed by atoms with Crippen molar-refractivity contribution in [2.45, 2.75) is 39.5 Å². The second kappa shape index (κ2) is 9.98. The van der Waals surface area contributed by atoms with Crippen molar-refractivity contribution in [3.8, 4) is 5.75 Å². The Labute approximate surface area is 181 Å². The molecule has 30 heavy (non-hydrogen) atoms. The van der Waals surface area contributed by atoms with Crippen LogP contribution in [0.15, 0.2) is 42.5 Å². The minimum atomic E-state index is 0.0655. The quantitative estimate of drug-likeness (QED) is 0.720. The number of nitrogens with one attached hydrogen (secondary N) is 1. The van der Waals surface area contributed by atoms with Crippen LogP contribution in [0.3, 0.4) is 0 Å². The van der Waals surface area contributed by atoms with Gasteiger partial charge in [0.25, 0.3) is 0 Å². The molecule has 1 fully saturated rings. The summed E-state index contributed by atoms with van der Waals surface area (Å²) in [5.41, 5.74) is 4.53. The molecule has 1 aliphatic heterocycles. The molecule has 1 aliphatic rings. The van der Waals surface area contributed by atoms with Gasteiger partial charge in [-0.15, -0.1) is 0 Å². The molecule has 2 aromatic carbocycles. The van der Waals surface area contributed by atoms with Gasteiger partial charge in [-0.2, -0.15) is 0 Å². The number of ether oxygens (including phenoxy) is 1. The molecule has 0 bridgehead atoms. The van der Waals surface area contributed by atoms with Gasteiger partial charge in [0, 0.05) is 31.9 Å². The van der Waals surface area contributed by atoms with Crippen molar-refractivity contribution in [3.05, 3.63) is 53.6 Å². The monoisotopic (exact) mass is 409 g/mol. The van der Waals surface area contributed by atoms with E-state index in [0.29, 0.717) is 18.4 Å². The van der Waals surface area contributed by atoms with Gasteiger partial charge < -0.3 is 15.0 Å². The lowest BCUT2D eigenvalue weighted by molar-refractivity contribution is -0.117. The topological polar surface area (TPSA) is 44.8 Å². The molecular weight excluding hydrogens is 374 g/mol. The normalized spacial score (nSPS) is 15.0. The Bertz CT molecular complexity index is 829. The van der Waals surface area contributed by atoms with Gasteiger partial charge in [-0.05, 0) is 35.1 Å². The lowest BCUT2D eigenvalue weighted by Gasteiger charge is -2.36. The summed E-state index contributed by atoms with van der Waals surface area (Å²) in [5, 5.41) is 3.24. The third-order valence-electron chi connectivity index (χ3n) is 5.80. The first kappa shape index (κ1) is 22.2. The standard InChI is InChI=1S/C25H35N3O2/c1-18(2)20-9-8-10-21(19(3)4)25(20)26-24(29)17-27-13-15-28(16-14-27)22-11-6-7-12-23(22)30-5/h6-12,18-19H,13-17H2,1-5H3,(H,26,29). The second-order valence-electron chi connectivity index (χ2n) is 8.60. The number of amides is 1. The van der Waals surface area contributed by atoms with E-state index in [1.54, 1.807) is 7.11 Å². The SMILES string of the molecule is COc1ccccc1N1CCN(CC(=O)Nc2c(C(C)C)cccc2C(C)C)CC1.